The number of ether oxygens (including phenoxy) is 1. The van der Waals surface area contributed by atoms with Crippen molar-refractivity contribution in [3.05, 3.63) is 60.4 Å². The standard InChI is InChI=1S/C18H18FN3OS/c1-2-22-17(15-10-6-7-11-16(15)19)20-21-18(22)24-13-12-23-14-8-4-3-5-9-14/h3-11H,2,12-13H2,1H3. The summed E-state index contributed by atoms with van der Waals surface area (Å²) in [6.45, 7) is 3.25. The summed E-state index contributed by atoms with van der Waals surface area (Å²) in [5.74, 6) is 1.86. The molecule has 1 heterocycles. The molecule has 0 radical (unpaired) electrons. The van der Waals surface area contributed by atoms with Crippen LogP contribution in [-0.4, -0.2) is 27.1 Å². The number of hydrogen-bond acceptors (Lipinski definition) is 4. The molecule has 0 spiro atoms. The van der Waals surface area contributed by atoms with E-state index in [0.717, 1.165) is 16.7 Å². The number of halogens is 1. The summed E-state index contributed by atoms with van der Waals surface area (Å²) in [5.41, 5.74) is 0.472. The number of nitrogens with zero attached hydrogens (tertiary/aromatic N) is 3. The topological polar surface area (TPSA) is 39.9 Å². The zero-order valence-corrected chi connectivity index (χ0v) is 14.2. The van der Waals surface area contributed by atoms with Gasteiger partial charge in [0.25, 0.3) is 0 Å². The minimum atomic E-state index is -0.288. The molecule has 1 aromatic heterocycles. The second-order valence-electron chi connectivity index (χ2n) is 5.04. The van der Waals surface area contributed by atoms with Crippen LogP contribution in [0.1, 0.15) is 6.92 Å². The van der Waals surface area contributed by atoms with Crippen LogP contribution >= 0.6 is 11.8 Å². The number of para-hydroxylation sites is 1. The van der Waals surface area contributed by atoms with E-state index in [-0.39, 0.29) is 5.82 Å². The van der Waals surface area contributed by atoms with Crippen molar-refractivity contribution < 1.29 is 9.13 Å². The molecule has 0 aliphatic heterocycles. The van der Waals surface area contributed by atoms with Crippen molar-refractivity contribution in [3.63, 3.8) is 0 Å². The van der Waals surface area contributed by atoms with E-state index in [1.807, 2.05) is 41.8 Å². The van der Waals surface area contributed by atoms with Crippen molar-refractivity contribution >= 4 is 11.8 Å². The molecule has 0 amide bonds. The van der Waals surface area contributed by atoms with E-state index in [0.29, 0.717) is 24.5 Å². The third-order valence-electron chi connectivity index (χ3n) is 3.47. The Morgan fingerprint density at radius 1 is 1.04 bits per heavy atom. The summed E-state index contributed by atoms with van der Waals surface area (Å²) in [4.78, 5) is 0. The molecule has 0 unspecified atom stereocenters. The maximum Gasteiger partial charge on any atom is 0.191 e. The van der Waals surface area contributed by atoms with Gasteiger partial charge in [0.1, 0.15) is 11.6 Å². The second-order valence-corrected chi connectivity index (χ2v) is 6.10. The molecule has 0 saturated heterocycles. The maximum absolute atomic E-state index is 14.0. The van der Waals surface area contributed by atoms with Gasteiger partial charge >= 0.3 is 0 Å². The van der Waals surface area contributed by atoms with Gasteiger partial charge in [-0.25, -0.2) is 4.39 Å². The molecule has 0 atom stereocenters. The fourth-order valence-electron chi connectivity index (χ4n) is 2.33. The Morgan fingerprint density at radius 2 is 1.79 bits per heavy atom. The quantitative estimate of drug-likeness (QED) is 0.474. The third-order valence-corrected chi connectivity index (χ3v) is 4.41. The van der Waals surface area contributed by atoms with Crippen molar-refractivity contribution in [2.45, 2.75) is 18.6 Å². The van der Waals surface area contributed by atoms with Crippen LogP contribution < -0.4 is 4.74 Å². The molecule has 0 aliphatic carbocycles. The number of aromatic nitrogens is 3. The Balaban J connectivity index is 1.65. The van der Waals surface area contributed by atoms with Crippen LogP contribution in [0.25, 0.3) is 11.4 Å². The molecule has 0 aliphatic rings. The van der Waals surface area contributed by atoms with Crippen LogP contribution in [-0.2, 0) is 6.54 Å². The van der Waals surface area contributed by atoms with Crippen molar-refractivity contribution in [1.29, 1.82) is 0 Å². The molecule has 2 aromatic carbocycles. The molecular weight excluding hydrogens is 325 g/mol. The van der Waals surface area contributed by atoms with Crippen LogP contribution in [0.3, 0.4) is 0 Å². The van der Waals surface area contributed by atoms with E-state index in [2.05, 4.69) is 10.2 Å². The Morgan fingerprint density at radius 3 is 2.54 bits per heavy atom. The van der Waals surface area contributed by atoms with Crippen molar-refractivity contribution in [3.8, 4) is 17.1 Å². The van der Waals surface area contributed by atoms with Crippen molar-refractivity contribution in [2.75, 3.05) is 12.4 Å². The van der Waals surface area contributed by atoms with Gasteiger partial charge in [-0.05, 0) is 31.2 Å². The van der Waals surface area contributed by atoms with Gasteiger partial charge in [0.15, 0.2) is 11.0 Å². The first-order valence-corrected chi connectivity index (χ1v) is 8.77. The van der Waals surface area contributed by atoms with Gasteiger partial charge in [-0.3, -0.25) is 0 Å². The highest BCUT2D eigenvalue weighted by molar-refractivity contribution is 7.99. The van der Waals surface area contributed by atoms with Gasteiger partial charge in [0, 0.05) is 12.3 Å². The summed E-state index contributed by atoms with van der Waals surface area (Å²) in [7, 11) is 0. The fourth-order valence-corrected chi connectivity index (χ4v) is 3.15. The molecule has 0 N–H and O–H groups in total. The average molecular weight is 343 g/mol. The first kappa shape index (κ1) is 16.5. The number of benzene rings is 2. The van der Waals surface area contributed by atoms with E-state index in [1.165, 1.54) is 6.07 Å². The summed E-state index contributed by atoms with van der Waals surface area (Å²) in [5, 5.41) is 9.14. The van der Waals surface area contributed by atoms with Gasteiger partial charge < -0.3 is 9.30 Å². The smallest absolute Gasteiger partial charge is 0.191 e. The lowest BCUT2D eigenvalue weighted by atomic mass is 10.2. The van der Waals surface area contributed by atoms with Crippen LogP contribution in [0.15, 0.2) is 59.8 Å². The maximum atomic E-state index is 14.0. The minimum absolute atomic E-state index is 0.288. The van der Waals surface area contributed by atoms with E-state index in [1.54, 1.807) is 30.0 Å². The summed E-state index contributed by atoms with van der Waals surface area (Å²) >= 11 is 1.55. The molecule has 24 heavy (non-hydrogen) atoms. The highest BCUT2D eigenvalue weighted by atomic mass is 32.2. The third kappa shape index (κ3) is 3.76. The highest BCUT2D eigenvalue weighted by Crippen LogP contribution is 2.25. The molecule has 6 heteroatoms. The predicted molar refractivity (Wildman–Crippen MR) is 93.8 cm³/mol. The minimum Gasteiger partial charge on any atom is -0.493 e. The molecular formula is C18H18FN3OS. The lowest BCUT2D eigenvalue weighted by Gasteiger charge is -2.08. The van der Waals surface area contributed by atoms with Gasteiger partial charge in [0.2, 0.25) is 0 Å². The zero-order chi connectivity index (χ0) is 16.8. The van der Waals surface area contributed by atoms with Crippen LogP contribution in [0, 0.1) is 5.82 Å². The Hall–Kier alpha value is -2.34. The molecule has 3 aromatic rings. The van der Waals surface area contributed by atoms with Gasteiger partial charge in [0.05, 0.1) is 12.2 Å². The Kier molecular flexibility index (Phi) is 5.48. The number of thioether (sulfide) groups is 1. The average Bonchev–Trinajstić information content (AvgIpc) is 3.02. The molecule has 0 fully saturated rings. The largest absolute Gasteiger partial charge is 0.493 e. The van der Waals surface area contributed by atoms with Crippen LogP contribution in [0.4, 0.5) is 4.39 Å². The predicted octanol–water partition coefficient (Wildman–Crippen LogP) is 4.28. The van der Waals surface area contributed by atoms with E-state index in [9.17, 15) is 4.39 Å². The van der Waals surface area contributed by atoms with E-state index >= 15 is 0 Å². The highest BCUT2D eigenvalue weighted by Gasteiger charge is 2.15. The molecule has 124 valence electrons. The Labute approximate surface area is 144 Å². The van der Waals surface area contributed by atoms with Crippen LogP contribution in [0.5, 0.6) is 5.75 Å². The first-order valence-electron chi connectivity index (χ1n) is 7.78. The van der Waals surface area contributed by atoms with E-state index < -0.39 is 0 Å². The summed E-state index contributed by atoms with van der Waals surface area (Å²) in [6, 6.07) is 16.3. The van der Waals surface area contributed by atoms with Crippen molar-refractivity contribution in [1.82, 2.24) is 14.8 Å². The van der Waals surface area contributed by atoms with Crippen LogP contribution in [0.2, 0.25) is 0 Å². The molecule has 3 rings (SSSR count). The molecule has 4 nitrogen and oxygen atoms in total. The normalized spacial score (nSPS) is 10.8. The monoisotopic (exact) mass is 343 g/mol. The van der Waals surface area contributed by atoms with Crippen molar-refractivity contribution in [2.24, 2.45) is 0 Å². The number of hydrogen-bond donors (Lipinski definition) is 0. The number of rotatable bonds is 7. The van der Waals surface area contributed by atoms with Gasteiger partial charge in [-0.1, -0.05) is 42.1 Å². The van der Waals surface area contributed by atoms with Gasteiger partial charge in [-0.15, -0.1) is 10.2 Å². The second kappa shape index (κ2) is 7.97. The van der Waals surface area contributed by atoms with Gasteiger partial charge in [-0.2, -0.15) is 0 Å². The molecule has 0 bridgehead atoms. The summed E-state index contributed by atoms with van der Waals surface area (Å²) in [6.07, 6.45) is 0. The first-order chi connectivity index (χ1) is 11.8. The summed E-state index contributed by atoms with van der Waals surface area (Å²) < 4.78 is 21.6. The molecule has 0 saturated carbocycles. The lowest BCUT2D eigenvalue weighted by Crippen LogP contribution is -2.04. The SMILES string of the molecule is CCn1c(SCCOc2ccccc2)nnc1-c1ccccc1F. The lowest BCUT2D eigenvalue weighted by molar-refractivity contribution is 0.344. The van der Waals surface area contributed by atoms with E-state index in [4.69, 9.17) is 4.74 Å². The fraction of sp³-hybridized carbons (Fsp3) is 0.222. The Bertz CT molecular complexity index is 792. The zero-order valence-electron chi connectivity index (χ0n) is 13.4.